The number of likely N-dealkylation sites (tertiary alicyclic amines) is 1. The van der Waals surface area contributed by atoms with E-state index >= 15 is 0 Å². The van der Waals surface area contributed by atoms with E-state index in [0.717, 1.165) is 50.8 Å². The van der Waals surface area contributed by atoms with E-state index in [2.05, 4.69) is 23.5 Å². The summed E-state index contributed by atoms with van der Waals surface area (Å²) in [6.07, 6.45) is 10.1. The molecule has 3 rings (SSSR count). The fraction of sp³-hybridized carbons (Fsp3) is 0.619. The molecule has 25 heavy (non-hydrogen) atoms. The summed E-state index contributed by atoms with van der Waals surface area (Å²) in [5, 5.41) is 3.00. The van der Waals surface area contributed by atoms with Crippen molar-refractivity contribution in [3.63, 3.8) is 0 Å². The summed E-state index contributed by atoms with van der Waals surface area (Å²) in [5.74, 6) is 0.357. The Bertz CT molecular complexity index is 612. The van der Waals surface area contributed by atoms with Gasteiger partial charge >= 0.3 is 0 Å². The van der Waals surface area contributed by atoms with E-state index in [-0.39, 0.29) is 11.8 Å². The summed E-state index contributed by atoms with van der Waals surface area (Å²) in [4.78, 5) is 26.1. The number of fused-ring (bicyclic) bond motifs is 1. The Hall–Kier alpha value is -1.84. The van der Waals surface area contributed by atoms with Gasteiger partial charge in [-0.05, 0) is 61.6 Å². The van der Waals surface area contributed by atoms with Gasteiger partial charge in [0.15, 0.2) is 0 Å². The molecule has 0 bridgehead atoms. The molecule has 1 aliphatic carbocycles. The molecule has 0 unspecified atom stereocenters. The van der Waals surface area contributed by atoms with Gasteiger partial charge in [0.05, 0.1) is 6.42 Å². The number of rotatable bonds is 6. The first-order valence-electron chi connectivity index (χ1n) is 9.87. The molecule has 0 radical (unpaired) electrons. The zero-order chi connectivity index (χ0) is 17.5. The van der Waals surface area contributed by atoms with Crippen LogP contribution >= 0.6 is 0 Å². The first-order chi connectivity index (χ1) is 12.2. The normalized spacial score (nSPS) is 17.8. The van der Waals surface area contributed by atoms with Crippen LogP contribution in [0.1, 0.15) is 61.6 Å². The molecular formula is C21H30N2O2. The predicted octanol–water partition coefficient (Wildman–Crippen LogP) is 3.02. The highest BCUT2D eigenvalue weighted by molar-refractivity contribution is 5.78. The summed E-state index contributed by atoms with van der Waals surface area (Å²) in [5.41, 5.74) is 3.99. The number of benzene rings is 1. The molecule has 136 valence electrons. The number of amides is 2. The predicted molar refractivity (Wildman–Crippen MR) is 99.5 cm³/mol. The van der Waals surface area contributed by atoms with Crippen molar-refractivity contribution in [3.8, 4) is 0 Å². The lowest BCUT2D eigenvalue weighted by Crippen LogP contribution is -2.34. The molecule has 1 aliphatic heterocycles. The fourth-order valence-corrected chi connectivity index (χ4v) is 3.92. The van der Waals surface area contributed by atoms with Gasteiger partial charge in [-0.15, -0.1) is 0 Å². The zero-order valence-electron chi connectivity index (χ0n) is 15.2. The van der Waals surface area contributed by atoms with E-state index in [1.807, 2.05) is 4.90 Å². The number of hydrogen-bond donors (Lipinski definition) is 1. The van der Waals surface area contributed by atoms with Gasteiger partial charge in [0.25, 0.3) is 0 Å². The Labute approximate surface area is 151 Å². The van der Waals surface area contributed by atoms with Gasteiger partial charge in [-0.3, -0.25) is 9.59 Å². The van der Waals surface area contributed by atoms with Gasteiger partial charge in [0.1, 0.15) is 0 Å². The number of carbonyl (C=O) groups is 2. The van der Waals surface area contributed by atoms with Crippen LogP contribution in [-0.2, 0) is 28.9 Å². The zero-order valence-corrected chi connectivity index (χ0v) is 15.2. The molecule has 1 saturated heterocycles. The van der Waals surface area contributed by atoms with E-state index in [0.29, 0.717) is 19.4 Å². The molecule has 2 aliphatic rings. The van der Waals surface area contributed by atoms with Crippen LogP contribution in [0.15, 0.2) is 18.2 Å². The minimum absolute atomic E-state index is 0.0814. The third-order valence-electron chi connectivity index (χ3n) is 5.38. The van der Waals surface area contributed by atoms with Crippen molar-refractivity contribution >= 4 is 11.8 Å². The summed E-state index contributed by atoms with van der Waals surface area (Å²) in [7, 11) is 0. The number of carbonyl (C=O) groups excluding carboxylic acids is 2. The molecule has 4 nitrogen and oxygen atoms in total. The van der Waals surface area contributed by atoms with Crippen LogP contribution in [0.3, 0.4) is 0 Å². The van der Waals surface area contributed by atoms with Gasteiger partial charge in [-0.1, -0.05) is 24.6 Å². The van der Waals surface area contributed by atoms with E-state index in [1.165, 1.54) is 30.4 Å². The van der Waals surface area contributed by atoms with Gasteiger partial charge in [-0.2, -0.15) is 0 Å². The number of aryl methyl sites for hydroxylation is 2. The van der Waals surface area contributed by atoms with Gasteiger partial charge < -0.3 is 10.2 Å². The molecular weight excluding hydrogens is 312 g/mol. The van der Waals surface area contributed by atoms with E-state index in [1.54, 1.807) is 0 Å². The van der Waals surface area contributed by atoms with E-state index in [9.17, 15) is 9.59 Å². The highest BCUT2D eigenvalue weighted by Crippen LogP contribution is 2.22. The molecule has 1 aromatic rings. The summed E-state index contributed by atoms with van der Waals surface area (Å²) in [6, 6.07) is 6.51. The number of hydrogen-bond acceptors (Lipinski definition) is 2. The largest absolute Gasteiger partial charge is 0.356 e. The third kappa shape index (κ3) is 5.32. The smallest absolute Gasteiger partial charge is 0.224 e. The molecule has 1 heterocycles. The maximum Gasteiger partial charge on any atom is 0.224 e. The summed E-state index contributed by atoms with van der Waals surface area (Å²) >= 11 is 0. The molecule has 4 heteroatoms. The monoisotopic (exact) mass is 342 g/mol. The molecule has 1 N–H and O–H groups in total. The third-order valence-corrected chi connectivity index (χ3v) is 5.38. The second-order valence-electron chi connectivity index (χ2n) is 7.38. The highest BCUT2D eigenvalue weighted by Gasteiger charge is 2.16. The molecule has 0 atom stereocenters. The lowest BCUT2D eigenvalue weighted by atomic mass is 9.90. The fourth-order valence-electron chi connectivity index (χ4n) is 3.92. The van der Waals surface area contributed by atoms with Crippen LogP contribution < -0.4 is 5.32 Å². The Kier molecular flexibility index (Phi) is 6.48. The lowest BCUT2D eigenvalue weighted by molar-refractivity contribution is -0.130. The van der Waals surface area contributed by atoms with Crippen molar-refractivity contribution in [2.75, 3.05) is 19.6 Å². The highest BCUT2D eigenvalue weighted by atomic mass is 16.2. The van der Waals surface area contributed by atoms with Gasteiger partial charge in [0, 0.05) is 26.1 Å². The second-order valence-corrected chi connectivity index (χ2v) is 7.38. The minimum atomic E-state index is 0.0814. The maximum absolute atomic E-state index is 12.2. The maximum atomic E-state index is 12.2. The van der Waals surface area contributed by atoms with Crippen molar-refractivity contribution in [3.05, 3.63) is 34.9 Å². The molecule has 1 aromatic carbocycles. The average Bonchev–Trinajstić information content (AvgIpc) is 2.83. The molecule has 2 amide bonds. The minimum Gasteiger partial charge on any atom is -0.356 e. The van der Waals surface area contributed by atoms with Crippen LogP contribution in [0.2, 0.25) is 0 Å². The summed E-state index contributed by atoms with van der Waals surface area (Å²) < 4.78 is 0. The number of nitrogens with zero attached hydrogens (tertiary/aromatic N) is 1. The van der Waals surface area contributed by atoms with Gasteiger partial charge in [-0.25, -0.2) is 0 Å². The van der Waals surface area contributed by atoms with Crippen LogP contribution in [0.25, 0.3) is 0 Å². The second kappa shape index (κ2) is 9.02. The van der Waals surface area contributed by atoms with Crippen molar-refractivity contribution in [1.82, 2.24) is 10.2 Å². The van der Waals surface area contributed by atoms with Crippen molar-refractivity contribution in [1.29, 1.82) is 0 Å². The Morgan fingerprint density at radius 2 is 1.80 bits per heavy atom. The van der Waals surface area contributed by atoms with Crippen LogP contribution in [0.5, 0.6) is 0 Å². The first-order valence-corrected chi connectivity index (χ1v) is 9.87. The van der Waals surface area contributed by atoms with Crippen molar-refractivity contribution < 1.29 is 9.59 Å². The van der Waals surface area contributed by atoms with E-state index in [4.69, 9.17) is 0 Å². The first kappa shape index (κ1) is 18.0. The van der Waals surface area contributed by atoms with E-state index < -0.39 is 0 Å². The topological polar surface area (TPSA) is 49.4 Å². The Balaban J connectivity index is 1.38. The Morgan fingerprint density at radius 3 is 2.68 bits per heavy atom. The van der Waals surface area contributed by atoms with Gasteiger partial charge in [0.2, 0.25) is 11.8 Å². The van der Waals surface area contributed by atoms with Crippen molar-refractivity contribution in [2.45, 2.75) is 64.2 Å². The number of nitrogens with one attached hydrogen (secondary N) is 1. The average molecular weight is 342 g/mol. The quantitative estimate of drug-likeness (QED) is 0.808. The Morgan fingerprint density at radius 1 is 1.00 bits per heavy atom. The lowest BCUT2D eigenvalue weighted by Gasteiger charge is -2.20. The molecule has 0 saturated carbocycles. The molecule has 0 aromatic heterocycles. The standard InChI is InChI=1S/C21H30N2O2/c24-20(16-17-10-11-18-7-3-4-8-19(18)15-17)22-12-6-14-23-13-5-1-2-9-21(23)25/h10-11,15H,1-9,12-14,16H2,(H,22,24). The van der Waals surface area contributed by atoms with Crippen LogP contribution in [-0.4, -0.2) is 36.3 Å². The molecule has 0 spiro atoms. The summed E-state index contributed by atoms with van der Waals surface area (Å²) in [6.45, 7) is 2.29. The van der Waals surface area contributed by atoms with Crippen molar-refractivity contribution in [2.24, 2.45) is 0 Å². The van der Waals surface area contributed by atoms with Crippen LogP contribution in [0, 0.1) is 0 Å². The SMILES string of the molecule is O=C(Cc1ccc2c(c1)CCCC2)NCCCN1CCCCCC1=O. The van der Waals surface area contributed by atoms with Crippen LogP contribution in [0.4, 0.5) is 0 Å². The molecule has 1 fully saturated rings.